The van der Waals surface area contributed by atoms with Crippen LogP contribution < -0.4 is 10.2 Å². The Morgan fingerprint density at radius 2 is 1.82 bits per heavy atom. The lowest BCUT2D eigenvalue weighted by Gasteiger charge is -2.30. The number of nitrogens with zero attached hydrogens (tertiary/aromatic N) is 3. The molecule has 8 heteroatoms. The van der Waals surface area contributed by atoms with E-state index in [9.17, 15) is 9.59 Å². The molecule has 0 atom stereocenters. The Labute approximate surface area is 195 Å². The summed E-state index contributed by atoms with van der Waals surface area (Å²) >= 11 is 1.33. The quantitative estimate of drug-likeness (QED) is 0.450. The topological polar surface area (TPSA) is 84.4 Å². The van der Waals surface area contributed by atoms with Gasteiger partial charge in [-0.15, -0.1) is 11.3 Å². The van der Waals surface area contributed by atoms with E-state index >= 15 is 0 Å². The van der Waals surface area contributed by atoms with Gasteiger partial charge < -0.3 is 15.0 Å². The highest BCUT2D eigenvalue weighted by Crippen LogP contribution is 2.37. The maximum absolute atomic E-state index is 13.2. The minimum Gasteiger partial charge on any atom is -0.465 e. The molecule has 0 spiro atoms. The molecule has 0 radical (unpaired) electrons. The van der Waals surface area contributed by atoms with Crippen molar-refractivity contribution in [2.24, 2.45) is 0 Å². The highest BCUT2D eigenvalue weighted by Gasteiger charge is 2.25. The summed E-state index contributed by atoms with van der Waals surface area (Å²) in [6, 6.07) is 15.2. The zero-order valence-corrected chi connectivity index (χ0v) is 19.1. The number of methoxy groups -OCH3 is 1. The number of anilines is 2. The van der Waals surface area contributed by atoms with Crippen molar-refractivity contribution in [3.63, 3.8) is 0 Å². The third-order valence-electron chi connectivity index (χ3n) is 5.92. The van der Waals surface area contributed by atoms with E-state index in [2.05, 4.69) is 44.5 Å². The standard InChI is InChI=1S/C25H22N4O3S/c1-15-20-22(29-12-11-16-7-3-4-8-17(16)13-29)26-14-27-24(20)33-21(15)23(30)28-19-10-6-5-9-18(19)25(31)32-2/h3-10,14H,11-13H2,1-2H3,(H,28,30). The number of carbonyl (C=O) groups excluding carboxylic acids is 2. The molecule has 2 aromatic carbocycles. The monoisotopic (exact) mass is 458 g/mol. The normalized spacial score (nSPS) is 13.0. The fourth-order valence-electron chi connectivity index (χ4n) is 4.25. The second-order valence-corrected chi connectivity index (χ2v) is 8.86. The highest BCUT2D eigenvalue weighted by molar-refractivity contribution is 7.20. The molecule has 7 nitrogen and oxygen atoms in total. The highest BCUT2D eigenvalue weighted by atomic mass is 32.1. The van der Waals surface area contributed by atoms with Crippen LogP contribution in [0.4, 0.5) is 11.5 Å². The second-order valence-electron chi connectivity index (χ2n) is 7.87. The summed E-state index contributed by atoms with van der Waals surface area (Å²) in [5.74, 6) is 0.0524. The van der Waals surface area contributed by atoms with Crippen LogP contribution >= 0.6 is 11.3 Å². The Morgan fingerprint density at radius 3 is 2.64 bits per heavy atom. The number of rotatable bonds is 4. The Morgan fingerprint density at radius 1 is 1.06 bits per heavy atom. The van der Waals surface area contributed by atoms with Crippen molar-refractivity contribution in [3.05, 3.63) is 82.0 Å². The van der Waals surface area contributed by atoms with Crippen LogP contribution in [0.2, 0.25) is 0 Å². The Hall–Kier alpha value is -3.78. The zero-order valence-electron chi connectivity index (χ0n) is 18.3. The predicted molar refractivity (Wildman–Crippen MR) is 129 cm³/mol. The van der Waals surface area contributed by atoms with Gasteiger partial charge in [-0.3, -0.25) is 4.79 Å². The lowest BCUT2D eigenvalue weighted by molar-refractivity contribution is 0.0602. The van der Waals surface area contributed by atoms with Crippen molar-refractivity contribution in [2.75, 3.05) is 23.9 Å². The van der Waals surface area contributed by atoms with Crippen LogP contribution in [0.15, 0.2) is 54.9 Å². The molecule has 0 bridgehead atoms. The molecule has 1 amide bonds. The van der Waals surface area contributed by atoms with E-state index in [1.54, 1.807) is 30.6 Å². The third kappa shape index (κ3) is 3.82. The van der Waals surface area contributed by atoms with E-state index in [0.717, 1.165) is 41.1 Å². The molecule has 0 fully saturated rings. The molecule has 0 aliphatic carbocycles. The molecular formula is C25H22N4O3S. The lowest BCUT2D eigenvalue weighted by Crippen LogP contribution is -2.31. The van der Waals surface area contributed by atoms with Gasteiger partial charge in [0.25, 0.3) is 5.91 Å². The van der Waals surface area contributed by atoms with Crippen molar-refractivity contribution < 1.29 is 14.3 Å². The summed E-state index contributed by atoms with van der Waals surface area (Å²) < 4.78 is 4.83. The van der Waals surface area contributed by atoms with Gasteiger partial charge in [0.15, 0.2) is 0 Å². The van der Waals surface area contributed by atoms with Crippen molar-refractivity contribution >= 4 is 44.9 Å². The average Bonchev–Trinajstić information content (AvgIpc) is 3.20. The minimum atomic E-state index is -0.502. The Bertz CT molecular complexity index is 1380. The van der Waals surface area contributed by atoms with Crippen LogP contribution in [0.25, 0.3) is 10.2 Å². The van der Waals surface area contributed by atoms with Gasteiger partial charge in [-0.05, 0) is 42.2 Å². The number of aryl methyl sites for hydroxylation is 1. The van der Waals surface area contributed by atoms with Crippen molar-refractivity contribution in [3.8, 4) is 0 Å². The summed E-state index contributed by atoms with van der Waals surface area (Å²) in [5.41, 5.74) is 4.20. The Kier molecular flexibility index (Phi) is 5.51. The minimum absolute atomic E-state index is 0.290. The van der Waals surface area contributed by atoms with E-state index in [-0.39, 0.29) is 5.91 Å². The first-order valence-corrected chi connectivity index (χ1v) is 11.4. The fraction of sp³-hybridized carbons (Fsp3) is 0.200. The first-order valence-electron chi connectivity index (χ1n) is 10.6. The number of para-hydroxylation sites is 1. The molecule has 2 aromatic heterocycles. The van der Waals surface area contributed by atoms with Crippen molar-refractivity contribution in [1.82, 2.24) is 9.97 Å². The van der Waals surface area contributed by atoms with E-state index in [4.69, 9.17) is 4.74 Å². The van der Waals surface area contributed by atoms with Crippen molar-refractivity contribution in [2.45, 2.75) is 19.9 Å². The number of fused-ring (bicyclic) bond motifs is 2. The predicted octanol–water partition coefficient (Wildman–Crippen LogP) is 4.60. The maximum atomic E-state index is 13.2. The van der Waals surface area contributed by atoms with Gasteiger partial charge in [0.05, 0.1) is 28.6 Å². The molecule has 1 aliphatic rings. The number of hydrogen-bond acceptors (Lipinski definition) is 7. The van der Waals surface area contributed by atoms with Gasteiger partial charge in [-0.1, -0.05) is 36.4 Å². The number of ether oxygens (including phenoxy) is 1. The van der Waals surface area contributed by atoms with E-state index in [1.165, 1.54) is 29.6 Å². The first-order chi connectivity index (χ1) is 16.1. The van der Waals surface area contributed by atoms with Gasteiger partial charge in [-0.2, -0.15) is 0 Å². The SMILES string of the molecule is COC(=O)c1ccccc1NC(=O)c1sc2ncnc(N3CCc4ccccc4C3)c2c1C. The number of esters is 1. The van der Waals surface area contributed by atoms with Gasteiger partial charge >= 0.3 is 5.97 Å². The van der Waals surface area contributed by atoms with Crippen LogP contribution in [-0.2, 0) is 17.7 Å². The molecular weight excluding hydrogens is 436 g/mol. The summed E-state index contributed by atoms with van der Waals surface area (Å²) in [6.45, 7) is 3.54. The van der Waals surface area contributed by atoms with Crippen LogP contribution in [-0.4, -0.2) is 35.5 Å². The van der Waals surface area contributed by atoms with E-state index in [0.29, 0.717) is 16.1 Å². The molecule has 0 unspecified atom stereocenters. The zero-order chi connectivity index (χ0) is 22.9. The van der Waals surface area contributed by atoms with E-state index < -0.39 is 5.97 Å². The fourth-order valence-corrected chi connectivity index (χ4v) is 5.28. The molecule has 3 heterocycles. The summed E-state index contributed by atoms with van der Waals surface area (Å²) in [6.07, 6.45) is 2.50. The molecule has 1 aliphatic heterocycles. The molecule has 5 rings (SSSR count). The van der Waals surface area contributed by atoms with Crippen LogP contribution in [0.3, 0.4) is 0 Å². The van der Waals surface area contributed by atoms with Crippen LogP contribution in [0, 0.1) is 6.92 Å². The molecule has 0 saturated carbocycles. The number of thiophene rings is 1. The Balaban J connectivity index is 1.49. The summed E-state index contributed by atoms with van der Waals surface area (Å²) in [4.78, 5) is 37.9. The lowest BCUT2D eigenvalue weighted by atomic mass is 9.99. The number of carbonyl (C=O) groups is 2. The second kappa shape index (κ2) is 8.63. The smallest absolute Gasteiger partial charge is 0.339 e. The average molecular weight is 459 g/mol. The van der Waals surface area contributed by atoms with Crippen LogP contribution in [0.1, 0.15) is 36.7 Å². The molecule has 0 saturated heterocycles. The van der Waals surface area contributed by atoms with Crippen molar-refractivity contribution in [1.29, 1.82) is 0 Å². The van der Waals surface area contributed by atoms with Gasteiger partial charge in [0, 0.05) is 13.1 Å². The number of nitrogens with one attached hydrogen (secondary N) is 1. The molecule has 166 valence electrons. The maximum Gasteiger partial charge on any atom is 0.339 e. The number of amides is 1. The molecule has 33 heavy (non-hydrogen) atoms. The van der Waals surface area contributed by atoms with Gasteiger partial charge in [-0.25, -0.2) is 14.8 Å². The number of aromatic nitrogens is 2. The van der Waals surface area contributed by atoms with E-state index in [1.807, 2.05) is 6.92 Å². The largest absolute Gasteiger partial charge is 0.465 e. The summed E-state index contributed by atoms with van der Waals surface area (Å²) in [5, 5.41) is 3.76. The van der Waals surface area contributed by atoms with Crippen LogP contribution in [0.5, 0.6) is 0 Å². The number of hydrogen-bond donors (Lipinski definition) is 1. The van der Waals surface area contributed by atoms with Gasteiger partial charge in [0.1, 0.15) is 17.0 Å². The van der Waals surface area contributed by atoms with Gasteiger partial charge in [0.2, 0.25) is 0 Å². The summed E-state index contributed by atoms with van der Waals surface area (Å²) in [7, 11) is 1.32. The third-order valence-corrected chi connectivity index (χ3v) is 7.12. The molecule has 1 N–H and O–H groups in total. The first kappa shape index (κ1) is 21.1. The molecule has 4 aromatic rings. The number of benzene rings is 2.